The fourth-order valence-corrected chi connectivity index (χ4v) is 7.60. The molecule has 0 aliphatic heterocycles. The van der Waals surface area contributed by atoms with Crippen LogP contribution in [-0.2, 0) is 0 Å². The molecule has 0 amide bonds. The summed E-state index contributed by atoms with van der Waals surface area (Å²) >= 11 is 0. The van der Waals surface area contributed by atoms with E-state index in [0.717, 1.165) is 82.3 Å². The molecule has 3 saturated carbocycles. The lowest BCUT2D eigenvalue weighted by atomic mass is 9.67. The van der Waals surface area contributed by atoms with Gasteiger partial charge in [-0.2, -0.15) is 0 Å². The predicted molar refractivity (Wildman–Crippen MR) is 133 cm³/mol. The molecule has 3 aliphatic rings. The molecule has 7 heteroatoms. The van der Waals surface area contributed by atoms with Crippen molar-refractivity contribution in [3.05, 3.63) is 29.6 Å². The van der Waals surface area contributed by atoms with E-state index in [-0.39, 0.29) is 18.3 Å². The number of rotatable bonds is 8. The Hall–Kier alpha value is -1.40. The quantitative estimate of drug-likeness (QED) is 0.303. The van der Waals surface area contributed by atoms with E-state index >= 15 is 8.78 Å². The molecule has 0 bridgehead atoms. The molecule has 4 rings (SSSR count). The summed E-state index contributed by atoms with van der Waals surface area (Å²) in [6.45, 7) is 2.17. The van der Waals surface area contributed by atoms with Crippen LogP contribution in [0.2, 0.25) is 0 Å². The van der Waals surface area contributed by atoms with E-state index in [1.165, 1.54) is 18.6 Å². The van der Waals surface area contributed by atoms with Crippen LogP contribution in [0.4, 0.5) is 26.3 Å². The normalized spacial score (nSPS) is 31.8. The number of benzene rings is 1. The highest BCUT2D eigenvalue weighted by Crippen LogP contribution is 2.48. The molecular formula is C30H42F6O. The highest BCUT2D eigenvalue weighted by Gasteiger charge is 2.43. The molecule has 0 atom stereocenters. The third-order valence-corrected chi connectivity index (χ3v) is 9.68. The Balaban J connectivity index is 1.20. The van der Waals surface area contributed by atoms with Crippen molar-refractivity contribution < 1.29 is 31.1 Å². The van der Waals surface area contributed by atoms with Crippen LogP contribution in [0.3, 0.4) is 0 Å². The molecule has 3 aliphatic carbocycles. The van der Waals surface area contributed by atoms with Gasteiger partial charge in [0.25, 0.3) is 5.92 Å². The van der Waals surface area contributed by atoms with Crippen molar-refractivity contribution in [1.82, 2.24) is 0 Å². The van der Waals surface area contributed by atoms with E-state index in [1.54, 1.807) is 0 Å². The minimum Gasteiger partial charge on any atom is -0.403 e. The van der Waals surface area contributed by atoms with Crippen molar-refractivity contribution in [2.24, 2.45) is 29.6 Å². The summed E-state index contributed by atoms with van der Waals surface area (Å²) in [7, 11) is 0. The Morgan fingerprint density at radius 1 is 0.757 bits per heavy atom. The first kappa shape index (κ1) is 28.6. The van der Waals surface area contributed by atoms with Gasteiger partial charge >= 0.3 is 6.36 Å². The van der Waals surface area contributed by atoms with Crippen LogP contribution >= 0.6 is 0 Å². The van der Waals surface area contributed by atoms with Crippen LogP contribution in [0.15, 0.2) is 18.2 Å². The van der Waals surface area contributed by atoms with E-state index in [0.29, 0.717) is 30.6 Å². The SMILES string of the molecule is CCCC1CCC(C(F)(F)CC2CCC(C3CCC(c4ccc(OC(F)(F)F)c(F)c4)CC3)CC2)CC1. The van der Waals surface area contributed by atoms with Gasteiger partial charge in [-0.1, -0.05) is 25.8 Å². The standard InChI is InChI=1S/C30H42F6O/c1-2-3-20-6-15-26(16-7-20)29(32,33)19-21-4-8-22(9-5-21)23-10-12-24(13-11-23)25-14-17-28(27(31)18-25)37-30(34,35)36/h14,17-18,20-24,26H,2-13,15-16,19H2,1H3. The molecule has 0 aromatic heterocycles. The van der Waals surface area contributed by atoms with Crippen LogP contribution in [0.25, 0.3) is 0 Å². The van der Waals surface area contributed by atoms with E-state index < -0.39 is 29.8 Å². The lowest BCUT2D eigenvalue weighted by Crippen LogP contribution is -2.35. The Morgan fingerprint density at radius 2 is 1.32 bits per heavy atom. The van der Waals surface area contributed by atoms with Gasteiger partial charge in [-0.3, -0.25) is 0 Å². The topological polar surface area (TPSA) is 9.23 Å². The summed E-state index contributed by atoms with van der Waals surface area (Å²) < 4.78 is 85.3. The summed E-state index contributed by atoms with van der Waals surface area (Å²) in [4.78, 5) is 0. The molecule has 1 nitrogen and oxygen atoms in total. The molecular weight excluding hydrogens is 490 g/mol. The third-order valence-electron chi connectivity index (χ3n) is 9.68. The molecule has 0 saturated heterocycles. The van der Waals surface area contributed by atoms with Crippen LogP contribution < -0.4 is 4.74 Å². The number of ether oxygens (including phenoxy) is 1. The molecule has 37 heavy (non-hydrogen) atoms. The second-order valence-corrected chi connectivity index (χ2v) is 12.1. The first-order valence-electron chi connectivity index (χ1n) is 14.5. The van der Waals surface area contributed by atoms with Gasteiger partial charge < -0.3 is 4.74 Å². The smallest absolute Gasteiger partial charge is 0.403 e. The van der Waals surface area contributed by atoms with Gasteiger partial charge in [-0.05, 0) is 124 Å². The average molecular weight is 533 g/mol. The number of halogens is 6. The van der Waals surface area contributed by atoms with Gasteiger partial charge in [0.1, 0.15) is 0 Å². The zero-order valence-corrected chi connectivity index (χ0v) is 22.0. The van der Waals surface area contributed by atoms with Crippen molar-refractivity contribution >= 4 is 0 Å². The molecule has 0 radical (unpaired) electrons. The first-order chi connectivity index (χ1) is 17.5. The maximum atomic E-state index is 15.1. The molecule has 210 valence electrons. The lowest BCUT2D eigenvalue weighted by molar-refractivity contribution is -0.275. The van der Waals surface area contributed by atoms with Gasteiger partial charge in [0, 0.05) is 12.3 Å². The number of alkyl halides is 5. The molecule has 3 fully saturated rings. The lowest BCUT2D eigenvalue weighted by Gasteiger charge is -2.40. The molecule has 1 aromatic carbocycles. The van der Waals surface area contributed by atoms with Gasteiger partial charge in [0.15, 0.2) is 11.6 Å². The summed E-state index contributed by atoms with van der Waals surface area (Å²) in [5.41, 5.74) is 0.722. The summed E-state index contributed by atoms with van der Waals surface area (Å²) in [5, 5.41) is 0. The second-order valence-electron chi connectivity index (χ2n) is 12.1. The molecule has 0 unspecified atom stereocenters. The van der Waals surface area contributed by atoms with Crippen molar-refractivity contribution in [3.63, 3.8) is 0 Å². The molecule has 0 heterocycles. The maximum absolute atomic E-state index is 15.1. The zero-order valence-electron chi connectivity index (χ0n) is 22.0. The van der Waals surface area contributed by atoms with Crippen LogP contribution in [-0.4, -0.2) is 12.3 Å². The Morgan fingerprint density at radius 3 is 1.86 bits per heavy atom. The summed E-state index contributed by atoms with van der Waals surface area (Å²) in [6, 6.07) is 3.78. The Bertz CT molecular complexity index is 844. The minimum absolute atomic E-state index is 0.0508. The summed E-state index contributed by atoms with van der Waals surface area (Å²) in [5.74, 6) is -2.74. The minimum atomic E-state index is -4.91. The van der Waals surface area contributed by atoms with E-state index in [9.17, 15) is 17.6 Å². The molecule has 0 N–H and O–H groups in total. The van der Waals surface area contributed by atoms with E-state index in [1.807, 2.05) is 0 Å². The van der Waals surface area contributed by atoms with Crippen LogP contribution in [0.5, 0.6) is 5.75 Å². The summed E-state index contributed by atoms with van der Waals surface area (Å²) in [6.07, 6.45) is 8.28. The van der Waals surface area contributed by atoms with Gasteiger partial charge in [0.2, 0.25) is 0 Å². The van der Waals surface area contributed by atoms with Crippen molar-refractivity contribution in [3.8, 4) is 5.75 Å². The highest BCUT2D eigenvalue weighted by molar-refractivity contribution is 5.31. The maximum Gasteiger partial charge on any atom is 0.573 e. The van der Waals surface area contributed by atoms with Crippen molar-refractivity contribution in [2.45, 2.75) is 121 Å². The van der Waals surface area contributed by atoms with Crippen molar-refractivity contribution in [2.75, 3.05) is 0 Å². The third kappa shape index (κ3) is 7.81. The monoisotopic (exact) mass is 532 g/mol. The molecule has 0 spiro atoms. The van der Waals surface area contributed by atoms with Gasteiger partial charge in [0.05, 0.1) is 0 Å². The van der Waals surface area contributed by atoms with Crippen LogP contribution in [0, 0.1) is 35.4 Å². The number of hydrogen-bond donors (Lipinski definition) is 0. The fourth-order valence-electron chi connectivity index (χ4n) is 7.60. The predicted octanol–water partition coefficient (Wildman–Crippen LogP) is 10.4. The Kier molecular flexibility index (Phi) is 9.43. The van der Waals surface area contributed by atoms with Gasteiger partial charge in [-0.25, -0.2) is 13.2 Å². The van der Waals surface area contributed by atoms with Crippen molar-refractivity contribution in [1.29, 1.82) is 0 Å². The van der Waals surface area contributed by atoms with Crippen LogP contribution in [0.1, 0.15) is 115 Å². The second kappa shape index (κ2) is 12.2. The fraction of sp³-hybridized carbons (Fsp3) is 0.800. The number of hydrogen-bond acceptors (Lipinski definition) is 1. The average Bonchev–Trinajstić information content (AvgIpc) is 2.85. The largest absolute Gasteiger partial charge is 0.573 e. The van der Waals surface area contributed by atoms with E-state index in [2.05, 4.69) is 11.7 Å². The Labute approximate surface area is 217 Å². The zero-order chi connectivity index (χ0) is 26.6. The van der Waals surface area contributed by atoms with E-state index in [4.69, 9.17) is 0 Å². The van der Waals surface area contributed by atoms with Gasteiger partial charge in [-0.15, -0.1) is 13.2 Å². The highest BCUT2D eigenvalue weighted by atomic mass is 19.4. The first-order valence-corrected chi connectivity index (χ1v) is 14.5. The molecule has 1 aromatic rings.